The largest absolute Gasteiger partial charge is 0.504 e. The second-order valence-electron chi connectivity index (χ2n) is 14.4. The second kappa shape index (κ2) is 14.3. The lowest BCUT2D eigenvalue weighted by atomic mass is 9.50. The third-order valence-corrected chi connectivity index (χ3v) is 12.3. The van der Waals surface area contributed by atoms with Crippen LogP contribution < -0.4 is 19.8 Å². The van der Waals surface area contributed by atoms with Gasteiger partial charge in [-0.25, -0.2) is 0 Å². The van der Waals surface area contributed by atoms with E-state index in [0.717, 1.165) is 16.1 Å². The molecule has 1 saturated carbocycles. The molecule has 2 aliphatic carbocycles. The van der Waals surface area contributed by atoms with Gasteiger partial charge in [-0.05, 0) is 90.0 Å². The standard InChI is InChI=1S/C44H37Cl2N3O7/c1-4-24-5-12-28(13-6-24)48-40(51)31-17-16-30-32(39(31)42(48)53)23-34-41(52)49(47-36-19-11-27(45)22-35(36)46)43(54)44(34,26-9-14-29(55-2)15-10-26)33(30)18-7-25-8-20-37(50)38(21-25)56-3/h4-16,18-22,31-34,39,47,50H,1,17,23H2,2-3H3/t31-,32+,33-,34-,39-,44-/m0/s1. The number of amides is 4. The zero-order valence-corrected chi connectivity index (χ0v) is 32.0. The van der Waals surface area contributed by atoms with E-state index in [2.05, 4.69) is 12.0 Å². The van der Waals surface area contributed by atoms with Gasteiger partial charge in [0.25, 0.3) is 11.8 Å². The first kappa shape index (κ1) is 37.1. The summed E-state index contributed by atoms with van der Waals surface area (Å²) in [6, 6.07) is 23.8. The summed E-state index contributed by atoms with van der Waals surface area (Å²) >= 11 is 12.7. The van der Waals surface area contributed by atoms with Crippen LogP contribution in [0.4, 0.5) is 11.4 Å². The molecule has 0 unspecified atom stereocenters. The van der Waals surface area contributed by atoms with Crippen LogP contribution in [0.15, 0.2) is 109 Å². The number of methoxy groups -OCH3 is 2. The van der Waals surface area contributed by atoms with Gasteiger partial charge in [-0.2, -0.15) is 5.01 Å². The Bertz CT molecular complexity index is 2360. The number of hydrazine groups is 1. The molecule has 10 nitrogen and oxygen atoms in total. The van der Waals surface area contributed by atoms with Crippen molar-refractivity contribution >= 4 is 70.4 Å². The van der Waals surface area contributed by atoms with Crippen LogP contribution in [0.25, 0.3) is 12.2 Å². The van der Waals surface area contributed by atoms with Crippen LogP contribution in [-0.2, 0) is 24.6 Å². The zero-order valence-electron chi connectivity index (χ0n) is 30.4. The molecular formula is C44H37Cl2N3O7. The van der Waals surface area contributed by atoms with Crippen molar-refractivity contribution in [2.45, 2.75) is 18.3 Å². The Morgan fingerprint density at radius 1 is 0.857 bits per heavy atom. The van der Waals surface area contributed by atoms with Gasteiger partial charge in [0.1, 0.15) is 5.75 Å². The molecule has 3 fully saturated rings. The lowest BCUT2D eigenvalue weighted by Gasteiger charge is -2.49. The number of phenols is 1. The Kier molecular flexibility index (Phi) is 9.50. The first-order valence-corrected chi connectivity index (χ1v) is 18.9. The summed E-state index contributed by atoms with van der Waals surface area (Å²) < 4.78 is 10.9. The molecule has 2 heterocycles. The number of imide groups is 2. The van der Waals surface area contributed by atoms with Crippen LogP contribution in [0, 0.1) is 29.6 Å². The molecule has 0 bridgehead atoms. The van der Waals surface area contributed by atoms with Crippen LogP contribution in [-0.4, -0.2) is 48.0 Å². The Labute approximate surface area is 333 Å². The van der Waals surface area contributed by atoms with Crippen molar-refractivity contribution in [3.8, 4) is 17.2 Å². The van der Waals surface area contributed by atoms with Gasteiger partial charge in [0.15, 0.2) is 11.5 Å². The number of hydrogen-bond donors (Lipinski definition) is 2. The van der Waals surface area contributed by atoms with Crippen LogP contribution in [0.2, 0.25) is 10.0 Å². The highest BCUT2D eigenvalue weighted by Gasteiger charge is 2.69. The van der Waals surface area contributed by atoms with E-state index in [1.54, 1.807) is 86.0 Å². The summed E-state index contributed by atoms with van der Waals surface area (Å²) in [6.45, 7) is 3.80. The number of halogens is 2. The van der Waals surface area contributed by atoms with Crippen molar-refractivity contribution in [2.24, 2.45) is 29.6 Å². The number of nitrogens with zero attached hydrogens (tertiary/aromatic N) is 2. The molecule has 2 aliphatic heterocycles. The lowest BCUT2D eigenvalue weighted by molar-refractivity contribution is -0.139. The molecule has 2 saturated heterocycles. The second-order valence-corrected chi connectivity index (χ2v) is 15.2. The summed E-state index contributed by atoms with van der Waals surface area (Å²) in [5, 5.41) is 11.9. The van der Waals surface area contributed by atoms with Crippen LogP contribution in [0.1, 0.15) is 29.5 Å². The molecule has 12 heteroatoms. The minimum atomic E-state index is -1.51. The van der Waals surface area contributed by atoms with Crippen molar-refractivity contribution in [1.82, 2.24) is 5.01 Å². The predicted octanol–water partition coefficient (Wildman–Crippen LogP) is 8.09. The van der Waals surface area contributed by atoms with Gasteiger partial charge in [0.05, 0.1) is 53.8 Å². The van der Waals surface area contributed by atoms with E-state index in [1.807, 2.05) is 18.2 Å². The fourth-order valence-electron chi connectivity index (χ4n) is 9.11. The summed E-state index contributed by atoms with van der Waals surface area (Å²) in [6.07, 6.45) is 7.77. The number of hydrogen-bond acceptors (Lipinski definition) is 8. The number of nitrogens with one attached hydrogen (secondary N) is 1. The Hall–Kier alpha value is -5.84. The molecule has 6 atom stereocenters. The van der Waals surface area contributed by atoms with Crippen LogP contribution in [0.5, 0.6) is 17.2 Å². The maximum atomic E-state index is 15.4. The molecule has 2 N–H and O–H groups in total. The number of benzene rings is 4. The number of fused-ring (bicyclic) bond motifs is 4. The SMILES string of the molecule is C=Cc1ccc(N2C(=O)[C@H]3[C@H](CC=C4[C@H]3C[C@H]3C(=O)N(Nc5ccc(Cl)cc5Cl)C(=O)[C@@]3(c3ccc(OC)cc3)[C@H]4C=Cc3ccc(O)c(OC)c3)C2=O)cc1. The predicted molar refractivity (Wildman–Crippen MR) is 214 cm³/mol. The summed E-state index contributed by atoms with van der Waals surface area (Å²) in [5.41, 5.74) is 5.14. The number of ether oxygens (including phenoxy) is 2. The van der Waals surface area contributed by atoms with E-state index < -0.39 is 46.8 Å². The normalized spacial score (nSPS) is 25.5. The monoisotopic (exact) mass is 789 g/mol. The van der Waals surface area contributed by atoms with Gasteiger partial charge in [-0.3, -0.25) is 29.5 Å². The van der Waals surface area contributed by atoms with Gasteiger partial charge >= 0.3 is 0 Å². The van der Waals surface area contributed by atoms with Crippen molar-refractivity contribution in [1.29, 1.82) is 0 Å². The van der Waals surface area contributed by atoms with E-state index in [0.29, 0.717) is 33.3 Å². The number of carbonyl (C=O) groups is 4. The third-order valence-electron chi connectivity index (χ3n) is 11.7. The average molecular weight is 791 g/mol. The van der Waals surface area contributed by atoms with Gasteiger partial charge in [-0.1, -0.05) is 90.0 Å². The number of allylic oxidation sites excluding steroid dienone is 3. The minimum absolute atomic E-state index is 0.0366. The minimum Gasteiger partial charge on any atom is -0.504 e. The van der Waals surface area contributed by atoms with E-state index in [-0.39, 0.29) is 41.2 Å². The number of phenolic OH excluding ortho intramolecular Hbond substituents is 1. The maximum absolute atomic E-state index is 15.4. The average Bonchev–Trinajstić information content (AvgIpc) is 3.59. The topological polar surface area (TPSA) is 125 Å². The molecule has 4 aromatic carbocycles. The highest BCUT2D eigenvalue weighted by molar-refractivity contribution is 6.36. The van der Waals surface area contributed by atoms with E-state index >= 15 is 4.79 Å². The Morgan fingerprint density at radius 3 is 2.27 bits per heavy atom. The van der Waals surface area contributed by atoms with Gasteiger partial charge < -0.3 is 14.6 Å². The van der Waals surface area contributed by atoms with E-state index in [4.69, 9.17) is 32.7 Å². The van der Waals surface area contributed by atoms with Gasteiger partial charge in [-0.15, -0.1) is 0 Å². The summed E-state index contributed by atoms with van der Waals surface area (Å²) in [4.78, 5) is 60.2. The van der Waals surface area contributed by atoms with Crippen molar-refractivity contribution in [2.75, 3.05) is 24.5 Å². The fraction of sp³-hybridized carbons (Fsp3) is 0.227. The van der Waals surface area contributed by atoms with E-state index in [1.165, 1.54) is 24.1 Å². The van der Waals surface area contributed by atoms with Crippen LogP contribution in [0.3, 0.4) is 0 Å². The maximum Gasteiger partial charge on any atom is 0.260 e. The highest BCUT2D eigenvalue weighted by atomic mass is 35.5. The van der Waals surface area contributed by atoms with Crippen LogP contribution >= 0.6 is 23.2 Å². The number of anilines is 2. The van der Waals surface area contributed by atoms with E-state index in [9.17, 15) is 19.5 Å². The molecule has 0 spiro atoms. The zero-order chi connectivity index (χ0) is 39.5. The summed E-state index contributed by atoms with van der Waals surface area (Å²) in [7, 11) is 3.00. The third kappa shape index (κ3) is 5.78. The quantitative estimate of drug-likeness (QED) is 0.129. The lowest BCUT2D eigenvalue weighted by Crippen LogP contribution is -2.54. The molecule has 4 aromatic rings. The Balaban J connectivity index is 1.30. The number of carbonyl (C=O) groups excluding carboxylic acids is 4. The highest BCUT2D eigenvalue weighted by Crippen LogP contribution is 2.62. The molecule has 8 rings (SSSR count). The number of aromatic hydroxyl groups is 1. The van der Waals surface area contributed by atoms with Crippen molar-refractivity contribution in [3.05, 3.63) is 136 Å². The van der Waals surface area contributed by atoms with Crippen molar-refractivity contribution in [3.63, 3.8) is 0 Å². The summed E-state index contributed by atoms with van der Waals surface area (Å²) in [5.74, 6) is -4.59. The van der Waals surface area contributed by atoms with Gasteiger partial charge in [0.2, 0.25) is 11.8 Å². The Morgan fingerprint density at radius 2 is 1.59 bits per heavy atom. The molecule has 0 aromatic heterocycles. The molecule has 4 amide bonds. The molecule has 0 radical (unpaired) electrons. The first-order valence-electron chi connectivity index (χ1n) is 18.1. The molecule has 284 valence electrons. The molecule has 56 heavy (non-hydrogen) atoms. The smallest absolute Gasteiger partial charge is 0.260 e. The number of rotatable bonds is 9. The molecular weight excluding hydrogens is 753 g/mol. The first-order chi connectivity index (χ1) is 27.0. The van der Waals surface area contributed by atoms with Crippen molar-refractivity contribution < 1.29 is 33.8 Å². The fourth-order valence-corrected chi connectivity index (χ4v) is 9.56. The van der Waals surface area contributed by atoms with Gasteiger partial charge in [0, 0.05) is 10.9 Å². The molecule has 4 aliphatic rings.